The van der Waals surface area contributed by atoms with Gasteiger partial charge in [-0.3, -0.25) is 0 Å². The van der Waals surface area contributed by atoms with Crippen LogP contribution in [-0.4, -0.2) is 0 Å². The molecule has 0 bridgehead atoms. The number of anilines is 2. The monoisotopic (exact) mass is 607 g/mol. The molecule has 6 aromatic carbocycles. The van der Waals surface area contributed by atoms with E-state index in [0.717, 1.165) is 6.42 Å². The minimum absolute atomic E-state index is 0.208. The smallest absolute Gasteiger partial charge is 0.0530 e. The van der Waals surface area contributed by atoms with E-state index in [-0.39, 0.29) is 11.3 Å². The van der Waals surface area contributed by atoms with Gasteiger partial charge < -0.3 is 4.90 Å². The van der Waals surface area contributed by atoms with Gasteiger partial charge in [-0.05, 0) is 77.6 Å². The average molecular weight is 608 g/mol. The highest BCUT2D eigenvalue weighted by atomic mass is 32.1. The molecule has 220 valence electrons. The van der Waals surface area contributed by atoms with E-state index in [0.29, 0.717) is 0 Å². The number of aryl methyl sites for hydroxylation is 1. The van der Waals surface area contributed by atoms with Crippen molar-refractivity contribution in [2.75, 3.05) is 4.90 Å². The Morgan fingerprint density at radius 1 is 0.609 bits per heavy atom. The van der Waals surface area contributed by atoms with Gasteiger partial charge in [0.15, 0.2) is 0 Å². The van der Waals surface area contributed by atoms with Crippen molar-refractivity contribution in [2.45, 2.75) is 18.8 Å². The first kappa shape index (κ1) is 27.2. The van der Waals surface area contributed by atoms with Gasteiger partial charge in [0.25, 0.3) is 0 Å². The minimum Gasteiger partial charge on any atom is -0.314 e. The Kier molecular flexibility index (Phi) is 6.33. The first-order valence-electron chi connectivity index (χ1n) is 16.1. The molecule has 0 unspecified atom stereocenters. The lowest BCUT2D eigenvalue weighted by Gasteiger charge is -2.41. The van der Waals surface area contributed by atoms with Gasteiger partial charge in [0, 0.05) is 48.7 Å². The van der Waals surface area contributed by atoms with E-state index in [4.69, 9.17) is 0 Å². The molecule has 2 heteroatoms. The second kappa shape index (κ2) is 10.7. The van der Waals surface area contributed by atoms with Gasteiger partial charge in [-0.15, -0.1) is 11.3 Å². The Bertz CT molecular complexity index is 2250. The highest BCUT2D eigenvalue weighted by Gasteiger charge is 2.53. The number of benzene rings is 6. The lowest BCUT2D eigenvalue weighted by Crippen LogP contribution is -2.36. The van der Waals surface area contributed by atoms with Gasteiger partial charge in [0.05, 0.1) is 5.41 Å². The highest BCUT2D eigenvalue weighted by Crippen LogP contribution is 2.62. The number of nitrogens with zero attached hydrogens (tertiary/aromatic N) is 1. The van der Waals surface area contributed by atoms with Gasteiger partial charge >= 0.3 is 0 Å². The molecule has 9 rings (SSSR count). The van der Waals surface area contributed by atoms with E-state index in [1.807, 2.05) is 11.3 Å². The predicted octanol–water partition coefficient (Wildman–Crippen LogP) is 11.8. The van der Waals surface area contributed by atoms with Crippen LogP contribution in [0.15, 0.2) is 170 Å². The number of rotatable bonds is 5. The van der Waals surface area contributed by atoms with Crippen LogP contribution in [-0.2, 0) is 5.41 Å². The summed E-state index contributed by atoms with van der Waals surface area (Å²) in [6, 6.07) is 56.0. The van der Waals surface area contributed by atoms with Crippen molar-refractivity contribution in [3.8, 4) is 0 Å². The highest BCUT2D eigenvalue weighted by molar-refractivity contribution is 7.26. The van der Waals surface area contributed by atoms with Crippen molar-refractivity contribution in [3.63, 3.8) is 0 Å². The van der Waals surface area contributed by atoms with Crippen molar-refractivity contribution in [1.29, 1.82) is 0 Å². The molecule has 1 aromatic heterocycles. The molecule has 0 saturated heterocycles. The summed E-state index contributed by atoms with van der Waals surface area (Å²) in [5.41, 5.74) is 11.6. The van der Waals surface area contributed by atoms with Crippen molar-refractivity contribution < 1.29 is 0 Å². The Morgan fingerprint density at radius 3 is 1.98 bits per heavy atom. The molecule has 0 aliphatic heterocycles. The number of allylic oxidation sites excluding steroid dienone is 4. The molecule has 0 radical (unpaired) electrons. The number of hydrogen-bond donors (Lipinski definition) is 0. The molecule has 7 aromatic rings. The van der Waals surface area contributed by atoms with Crippen LogP contribution in [0.4, 0.5) is 11.4 Å². The lowest BCUT2D eigenvalue weighted by atomic mass is 9.62. The second-order valence-corrected chi connectivity index (χ2v) is 13.6. The van der Waals surface area contributed by atoms with Gasteiger partial charge in [0.2, 0.25) is 0 Å². The molecular weight excluding hydrogens is 575 g/mol. The fraction of sp³-hybridized carbons (Fsp3) is 0.0909. The first-order valence-corrected chi connectivity index (χ1v) is 16.9. The normalized spacial score (nSPS) is 16.5. The van der Waals surface area contributed by atoms with Crippen LogP contribution in [0.5, 0.6) is 0 Å². The number of para-hydroxylation sites is 1. The fourth-order valence-electron chi connectivity index (χ4n) is 8.20. The van der Waals surface area contributed by atoms with Crippen LogP contribution in [0.25, 0.3) is 25.7 Å². The SMILES string of the molecule is Cc1cccc(N(C2=CC=C3c4c(ccc5c4sc4ccccc45)C(c4ccccc4)(c4ccccc4)[C@@H]3C2)c2ccccc2)c1. The van der Waals surface area contributed by atoms with Crippen LogP contribution in [0.1, 0.15) is 34.2 Å². The summed E-state index contributed by atoms with van der Waals surface area (Å²) in [5.74, 6) is 0.208. The fourth-order valence-corrected chi connectivity index (χ4v) is 9.47. The maximum absolute atomic E-state index is 2.47. The summed E-state index contributed by atoms with van der Waals surface area (Å²) in [6.45, 7) is 2.18. The summed E-state index contributed by atoms with van der Waals surface area (Å²) in [7, 11) is 0. The van der Waals surface area contributed by atoms with Crippen LogP contribution >= 0.6 is 11.3 Å². The van der Waals surface area contributed by atoms with E-state index in [1.165, 1.54) is 70.6 Å². The van der Waals surface area contributed by atoms with Crippen LogP contribution in [0.3, 0.4) is 0 Å². The average Bonchev–Trinajstić information content (AvgIpc) is 3.63. The Labute approximate surface area is 274 Å². The molecule has 1 atom stereocenters. The van der Waals surface area contributed by atoms with Crippen molar-refractivity contribution in [2.24, 2.45) is 5.92 Å². The summed E-state index contributed by atoms with van der Waals surface area (Å²) >= 11 is 1.94. The third kappa shape index (κ3) is 4.00. The molecule has 1 heterocycles. The molecule has 0 saturated carbocycles. The molecule has 1 nitrogen and oxygen atoms in total. The largest absolute Gasteiger partial charge is 0.314 e. The molecule has 0 spiro atoms. The van der Waals surface area contributed by atoms with Crippen molar-refractivity contribution >= 4 is 48.5 Å². The third-order valence-corrected chi connectivity index (χ3v) is 11.3. The van der Waals surface area contributed by atoms with Gasteiger partial charge in [-0.2, -0.15) is 0 Å². The second-order valence-electron chi connectivity index (χ2n) is 12.5. The quantitative estimate of drug-likeness (QED) is 0.188. The summed E-state index contributed by atoms with van der Waals surface area (Å²) in [5, 5.41) is 2.71. The van der Waals surface area contributed by atoms with Crippen molar-refractivity contribution in [1.82, 2.24) is 0 Å². The molecule has 0 fully saturated rings. The Balaban J connectivity index is 1.35. The van der Waals surface area contributed by atoms with Gasteiger partial charge in [-0.25, -0.2) is 0 Å². The number of fused-ring (bicyclic) bond motifs is 7. The molecule has 0 amide bonds. The Hall–Kier alpha value is -5.18. The maximum Gasteiger partial charge on any atom is 0.0530 e. The van der Waals surface area contributed by atoms with E-state index < -0.39 is 0 Å². The minimum atomic E-state index is -0.345. The van der Waals surface area contributed by atoms with Crippen molar-refractivity contribution in [3.05, 3.63) is 197 Å². The molecular formula is C44H33NS. The third-order valence-electron chi connectivity index (χ3n) is 10.0. The summed E-state index contributed by atoms with van der Waals surface area (Å²) < 4.78 is 2.75. The molecule has 2 aliphatic rings. The molecule has 46 heavy (non-hydrogen) atoms. The zero-order valence-electron chi connectivity index (χ0n) is 25.7. The summed E-state index contributed by atoms with van der Waals surface area (Å²) in [4.78, 5) is 2.47. The zero-order chi connectivity index (χ0) is 30.7. The van der Waals surface area contributed by atoms with Crippen LogP contribution in [0, 0.1) is 12.8 Å². The first-order chi connectivity index (χ1) is 22.7. The van der Waals surface area contributed by atoms with E-state index in [9.17, 15) is 0 Å². The zero-order valence-corrected chi connectivity index (χ0v) is 26.5. The standard InChI is InChI=1S/C44H33NS/c1-30-14-13-21-34(28-30)45(33-19-9-4-10-20-33)35-24-25-38-40(29-35)44(31-15-5-2-6-16-31,32-17-7-3-8-18-32)39-27-26-37-36-22-11-12-23-41(36)46-43(37)42(38)39/h2-28,40H,29H2,1H3/t40-/m1/s1. The Morgan fingerprint density at radius 2 is 1.26 bits per heavy atom. The molecule has 0 N–H and O–H groups in total. The van der Waals surface area contributed by atoms with E-state index in [2.05, 4.69) is 176 Å². The predicted molar refractivity (Wildman–Crippen MR) is 196 cm³/mol. The topological polar surface area (TPSA) is 3.24 Å². The lowest BCUT2D eigenvalue weighted by molar-refractivity contribution is 0.473. The maximum atomic E-state index is 2.47. The van der Waals surface area contributed by atoms with E-state index >= 15 is 0 Å². The summed E-state index contributed by atoms with van der Waals surface area (Å²) in [6.07, 6.45) is 5.74. The molecule has 2 aliphatic carbocycles. The van der Waals surface area contributed by atoms with E-state index in [1.54, 1.807) is 0 Å². The van der Waals surface area contributed by atoms with Gasteiger partial charge in [0.1, 0.15) is 0 Å². The number of thiophene rings is 1. The van der Waals surface area contributed by atoms with Crippen LogP contribution < -0.4 is 4.90 Å². The number of hydrogen-bond acceptors (Lipinski definition) is 2. The van der Waals surface area contributed by atoms with Crippen LogP contribution in [0.2, 0.25) is 0 Å². The van der Waals surface area contributed by atoms with Gasteiger partial charge in [-0.1, -0.05) is 127 Å².